The largest absolute Gasteiger partial charge is 0.485 e. The summed E-state index contributed by atoms with van der Waals surface area (Å²) in [6, 6.07) is 19.9. The minimum absolute atomic E-state index is 0.00701. The Balaban J connectivity index is 1.47. The first kappa shape index (κ1) is 17.4. The van der Waals surface area contributed by atoms with E-state index in [0.29, 0.717) is 6.04 Å². The maximum atomic E-state index is 6.70. The molecule has 4 rings (SSSR count). The highest BCUT2D eigenvalue weighted by Gasteiger charge is 2.39. The SMILES string of the molecule is CC(C)N1CCC2(CCN(Cc3ccccc3)CC2)Oc2ccccc21. The molecule has 1 fully saturated rings. The van der Waals surface area contributed by atoms with Gasteiger partial charge in [0.1, 0.15) is 11.4 Å². The fraction of sp³-hybridized carbons (Fsp3) is 0.478. The summed E-state index contributed by atoms with van der Waals surface area (Å²) in [6.45, 7) is 8.89. The molecule has 0 aromatic heterocycles. The first-order valence-corrected chi connectivity index (χ1v) is 9.96. The molecule has 1 saturated heterocycles. The van der Waals surface area contributed by atoms with Crippen molar-refractivity contribution >= 4 is 5.69 Å². The number of hydrogen-bond donors (Lipinski definition) is 0. The first-order valence-electron chi connectivity index (χ1n) is 9.96. The second-order valence-corrected chi connectivity index (χ2v) is 8.05. The number of piperidine rings is 1. The molecule has 3 nitrogen and oxygen atoms in total. The fourth-order valence-electron chi connectivity index (χ4n) is 4.36. The van der Waals surface area contributed by atoms with Gasteiger partial charge >= 0.3 is 0 Å². The van der Waals surface area contributed by atoms with E-state index in [9.17, 15) is 0 Å². The van der Waals surface area contributed by atoms with Crippen LogP contribution >= 0.6 is 0 Å². The van der Waals surface area contributed by atoms with Crippen LogP contribution < -0.4 is 9.64 Å². The van der Waals surface area contributed by atoms with E-state index in [0.717, 1.165) is 51.2 Å². The highest BCUT2D eigenvalue weighted by molar-refractivity contribution is 5.60. The summed E-state index contributed by atoms with van der Waals surface area (Å²) in [6.07, 6.45) is 3.33. The van der Waals surface area contributed by atoms with Crippen LogP contribution in [0.1, 0.15) is 38.7 Å². The number of rotatable bonds is 3. The molecule has 1 spiro atoms. The van der Waals surface area contributed by atoms with Crippen LogP contribution in [0.4, 0.5) is 5.69 Å². The predicted octanol–water partition coefficient (Wildman–Crippen LogP) is 4.72. The van der Waals surface area contributed by atoms with Crippen LogP contribution in [-0.2, 0) is 6.54 Å². The number of hydrogen-bond acceptors (Lipinski definition) is 3. The van der Waals surface area contributed by atoms with Crippen LogP contribution in [0.3, 0.4) is 0 Å². The monoisotopic (exact) mass is 350 g/mol. The van der Waals surface area contributed by atoms with Gasteiger partial charge in [-0.2, -0.15) is 0 Å². The maximum absolute atomic E-state index is 6.70. The van der Waals surface area contributed by atoms with Crippen LogP contribution in [0, 0.1) is 0 Å². The Morgan fingerprint density at radius 2 is 1.54 bits per heavy atom. The molecule has 0 amide bonds. The van der Waals surface area contributed by atoms with Crippen LogP contribution in [0.15, 0.2) is 54.6 Å². The lowest BCUT2D eigenvalue weighted by Gasteiger charge is -2.41. The summed E-state index contributed by atoms with van der Waals surface area (Å²) < 4.78 is 6.70. The smallest absolute Gasteiger partial charge is 0.143 e. The van der Waals surface area contributed by atoms with Crippen molar-refractivity contribution in [3.8, 4) is 5.75 Å². The van der Waals surface area contributed by atoms with Crippen LogP contribution in [0.25, 0.3) is 0 Å². The topological polar surface area (TPSA) is 15.7 Å². The summed E-state index contributed by atoms with van der Waals surface area (Å²) in [5.74, 6) is 1.07. The fourth-order valence-corrected chi connectivity index (χ4v) is 4.36. The molecule has 0 saturated carbocycles. The minimum atomic E-state index is -0.00701. The number of likely N-dealkylation sites (tertiary alicyclic amines) is 1. The molecular formula is C23H30N2O. The number of para-hydroxylation sites is 2. The van der Waals surface area contributed by atoms with Crippen LogP contribution in [-0.4, -0.2) is 36.2 Å². The molecule has 0 bridgehead atoms. The molecule has 2 aromatic rings. The van der Waals surface area contributed by atoms with Gasteiger partial charge in [0.05, 0.1) is 5.69 Å². The Bertz CT molecular complexity index is 720. The standard InChI is InChI=1S/C23H30N2O/c1-19(2)25-17-14-23(26-22-11-7-6-10-21(22)25)12-15-24(16-13-23)18-20-8-4-3-5-9-20/h3-11,19H,12-18H2,1-2H3. The molecule has 26 heavy (non-hydrogen) atoms. The quantitative estimate of drug-likeness (QED) is 0.797. The third-order valence-electron chi connectivity index (χ3n) is 5.95. The zero-order valence-corrected chi connectivity index (χ0v) is 16.0. The van der Waals surface area contributed by atoms with Crippen molar-refractivity contribution in [1.82, 2.24) is 4.90 Å². The molecule has 0 unspecified atom stereocenters. The Hall–Kier alpha value is -2.00. The third kappa shape index (κ3) is 3.59. The summed E-state index contributed by atoms with van der Waals surface area (Å²) >= 11 is 0. The van der Waals surface area contributed by atoms with Crippen LogP contribution in [0.2, 0.25) is 0 Å². The zero-order valence-electron chi connectivity index (χ0n) is 16.0. The molecule has 0 atom stereocenters. The molecule has 3 heteroatoms. The normalized spacial score (nSPS) is 19.9. The Morgan fingerprint density at radius 3 is 2.27 bits per heavy atom. The molecule has 2 heterocycles. The summed E-state index contributed by atoms with van der Waals surface area (Å²) in [5, 5.41) is 0. The number of fused-ring (bicyclic) bond motifs is 1. The average molecular weight is 351 g/mol. The Morgan fingerprint density at radius 1 is 0.885 bits per heavy atom. The second kappa shape index (κ2) is 7.32. The zero-order chi connectivity index (χ0) is 18.0. The minimum Gasteiger partial charge on any atom is -0.485 e. The Kier molecular flexibility index (Phi) is 4.90. The van der Waals surface area contributed by atoms with E-state index in [4.69, 9.17) is 4.74 Å². The van der Waals surface area contributed by atoms with Crippen molar-refractivity contribution in [3.05, 3.63) is 60.2 Å². The van der Waals surface area contributed by atoms with Gasteiger partial charge in [0.15, 0.2) is 0 Å². The van der Waals surface area contributed by atoms with Gasteiger partial charge in [-0.25, -0.2) is 0 Å². The molecule has 0 N–H and O–H groups in total. The summed E-state index contributed by atoms with van der Waals surface area (Å²) in [7, 11) is 0. The van der Waals surface area contributed by atoms with E-state index < -0.39 is 0 Å². The Labute approximate surface area is 157 Å². The molecule has 138 valence electrons. The van der Waals surface area contributed by atoms with E-state index in [1.54, 1.807) is 0 Å². The third-order valence-corrected chi connectivity index (χ3v) is 5.95. The van der Waals surface area contributed by atoms with E-state index in [1.165, 1.54) is 11.3 Å². The maximum Gasteiger partial charge on any atom is 0.143 e. The molecule has 2 aliphatic rings. The molecular weight excluding hydrogens is 320 g/mol. The lowest BCUT2D eigenvalue weighted by molar-refractivity contribution is -0.00231. The van der Waals surface area contributed by atoms with Gasteiger partial charge in [-0.15, -0.1) is 0 Å². The van der Waals surface area contributed by atoms with E-state index >= 15 is 0 Å². The number of benzene rings is 2. The lowest BCUT2D eigenvalue weighted by Crippen LogP contribution is -2.48. The number of nitrogens with zero attached hydrogens (tertiary/aromatic N) is 2. The van der Waals surface area contributed by atoms with Crippen molar-refractivity contribution in [1.29, 1.82) is 0 Å². The van der Waals surface area contributed by atoms with Gasteiger partial charge in [0.25, 0.3) is 0 Å². The summed E-state index contributed by atoms with van der Waals surface area (Å²) in [4.78, 5) is 5.07. The first-order chi connectivity index (χ1) is 12.7. The van der Waals surface area contributed by atoms with E-state index in [-0.39, 0.29) is 5.60 Å². The highest BCUT2D eigenvalue weighted by atomic mass is 16.5. The molecule has 2 aliphatic heterocycles. The van der Waals surface area contributed by atoms with Crippen LogP contribution in [0.5, 0.6) is 5.75 Å². The van der Waals surface area contributed by atoms with Gasteiger partial charge in [-0.3, -0.25) is 4.90 Å². The number of ether oxygens (including phenoxy) is 1. The van der Waals surface area contributed by atoms with Crippen molar-refractivity contribution in [2.75, 3.05) is 24.5 Å². The predicted molar refractivity (Wildman–Crippen MR) is 108 cm³/mol. The van der Waals surface area contributed by atoms with E-state index in [2.05, 4.69) is 78.2 Å². The van der Waals surface area contributed by atoms with Gasteiger partial charge in [0.2, 0.25) is 0 Å². The average Bonchev–Trinajstić information content (AvgIpc) is 2.81. The van der Waals surface area contributed by atoms with Crippen molar-refractivity contribution in [2.45, 2.75) is 51.3 Å². The van der Waals surface area contributed by atoms with Crippen molar-refractivity contribution in [3.63, 3.8) is 0 Å². The van der Waals surface area contributed by atoms with Gasteiger partial charge in [-0.05, 0) is 44.4 Å². The van der Waals surface area contributed by atoms with Gasteiger partial charge in [0, 0.05) is 38.6 Å². The van der Waals surface area contributed by atoms with Gasteiger partial charge in [-0.1, -0.05) is 42.5 Å². The summed E-state index contributed by atoms with van der Waals surface area (Å²) in [5.41, 5.74) is 2.65. The molecule has 0 radical (unpaired) electrons. The van der Waals surface area contributed by atoms with E-state index in [1.807, 2.05) is 0 Å². The van der Waals surface area contributed by atoms with Crippen molar-refractivity contribution < 1.29 is 4.74 Å². The van der Waals surface area contributed by atoms with Crippen molar-refractivity contribution in [2.24, 2.45) is 0 Å². The molecule has 2 aromatic carbocycles. The second-order valence-electron chi connectivity index (χ2n) is 8.05. The number of anilines is 1. The lowest BCUT2D eigenvalue weighted by atomic mass is 9.87. The molecule has 0 aliphatic carbocycles. The van der Waals surface area contributed by atoms with Gasteiger partial charge < -0.3 is 9.64 Å². The highest BCUT2D eigenvalue weighted by Crippen LogP contribution is 2.41.